The van der Waals surface area contributed by atoms with Gasteiger partial charge in [-0.2, -0.15) is 0 Å². The van der Waals surface area contributed by atoms with Crippen molar-refractivity contribution >= 4 is 42.9 Å². The van der Waals surface area contributed by atoms with E-state index in [2.05, 4.69) is 67.8 Å². The van der Waals surface area contributed by atoms with Gasteiger partial charge in [0.05, 0.1) is 0 Å². The first kappa shape index (κ1) is 20.9. The van der Waals surface area contributed by atoms with Gasteiger partial charge in [0.25, 0.3) is 0 Å². The first-order chi connectivity index (χ1) is 8.86. The Hall–Kier alpha value is -0.119. The molecule has 0 unspecified atom stereocenters. The Morgan fingerprint density at radius 2 is 1.81 bits per heavy atom. The molecule has 1 aromatic carbocycles. The molecule has 1 nitrogen and oxygen atoms in total. The zero-order valence-corrected chi connectivity index (χ0v) is 17.3. The zero-order chi connectivity index (χ0) is 14.0. The molecule has 0 saturated carbocycles. The molecule has 0 fully saturated rings. The average molecular weight is 379 g/mol. The molecule has 0 N–H and O–H groups in total. The molecule has 0 saturated heterocycles. The average Bonchev–Trinajstić information content (AvgIpc) is 2.80. The van der Waals surface area contributed by atoms with Crippen LogP contribution >= 0.6 is 24.8 Å². The first-order valence-electron chi connectivity index (χ1n) is 6.71. The van der Waals surface area contributed by atoms with Gasteiger partial charge in [-0.15, -0.1) is 24.8 Å². The Kier molecular flexibility index (Phi) is 8.45. The number of halogens is 2. The fourth-order valence-electron chi connectivity index (χ4n) is 2.10. The van der Waals surface area contributed by atoms with Gasteiger partial charge in [0.1, 0.15) is 0 Å². The van der Waals surface area contributed by atoms with Crippen molar-refractivity contribution in [3.63, 3.8) is 0 Å². The van der Waals surface area contributed by atoms with Crippen molar-refractivity contribution in [3.05, 3.63) is 45.9 Å². The van der Waals surface area contributed by atoms with E-state index >= 15 is 0 Å². The Morgan fingerprint density at radius 3 is 2.33 bits per heavy atom. The van der Waals surface area contributed by atoms with Gasteiger partial charge in [-0.25, -0.2) is 0 Å². The molecule has 5 heteroatoms. The standard InChI is InChI=1S/C10H16OSi.C5H5.CH2.2ClH.Ti/c1-8-5-9(11)7-10(6-8)12(2,3)4;1-2-4-5-3-1;;;;/h5-7,11H,1-4H3;1-3H,4H2;1H2;2*1H;/q;;;;;+1/p-1. The van der Waals surface area contributed by atoms with Gasteiger partial charge in [0.15, 0.2) is 0 Å². The molecule has 0 aromatic heterocycles. The molecule has 0 heterocycles. The second-order valence-corrected chi connectivity index (χ2v) is 13.9. The van der Waals surface area contributed by atoms with E-state index in [1.165, 1.54) is 14.6 Å². The maximum absolute atomic E-state index is 6.18. The van der Waals surface area contributed by atoms with E-state index in [0.717, 1.165) is 12.2 Å². The quantitative estimate of drug-likeness (QED) is 0.697. The van der Waals surface area contributed by atoms with Crippen molar-refractivity contribution in [1.29, 1.82) is 0 Å². The molecule has 1 aliphatic rings. The second-order valence-electron chi connectivity index (χ2n) is 6.13. The van der Waals surface area contributed by atoms with E-state index in [1.54, 1.807) is 0 Å². The van der Waals surface area contributed by atoms with Crippen molar-refractivity contribution in [3.8, 4) is 5.75 Å². The van der Waals surface area contributed by atoms with Crippen LogP contribution in [-0.2, 0) is 17.8 Å². The van der Waals surface area contributed by atoms with Crippen molar-refractivity contribution in [1.82, 2.24) is 0 Å². The van der Waals surface area contributed by atoms with E-state index in [4.69, 9.17) is 3.32 Å². The topological polar surface area (TPSA) is 9.23 Å². The van der Waals surface area contributed by atoms with Gasteiger partial charge >= 0.3 is 124 Å². The Balaban J connectivity index is 0.00000200. The molecule has 0 bridgehead atoms. The summed E-state index contributed by atoms with van der Waals surface area (Å²) in [4.78, 5) is 4.28. The summed E-state index contributed by atoms with van der Waals surface area (Å²) in [5, 5.41) is 1.46. The number of allylic oxidation sites excluding steroid dienone is 4. The molecule has 1 aromatic rings. The van der Waals surface area contributed by atoms with Gasteiger partial charge in [0, 0.05) is 0 Å². The third kappa shape index (κ3) is 5.88. The van der Waals surface area contributed by atoms with E-state index in [0.29, 0.717) is 0 Å². The van der Waals surface area contributed by atoms with Crippen LogP contribution < -0.4 is 8.51 Å². The van der Waals surface area contributed by atoms with Crippen LogP contribution in [0, 0.1) is 6.92 Å². The summed E-state index contributed by atoms with van der Waals surface area (Å²) < 4.78 is 7.60. The van der Waals surface area contributed by atoms with Gasteiger partial charge in [-0.05, 0) is 0 Å². The molecule has 0 amide bonds. The summed E-state index contributed by atoms with van der Waals surface area (Å²) in [5.74, 6) is 1.02. The molecular formula is C16H24Cl2OSiTi. The molecule has 0 aliphatic heterocycles. The molecule has 0 spiro atoms. The van der Waals surface area contributed by atoms with Gasteiger partial charge < -0.3 is 0 Å². The Labute approximate surface area is 148 Å². The predicted octanol–water partition coefficient (Wildman–Crippen LogP) is 4.57. The van der Waals surface area contributed by atoms with Gasteiger partial charge in [-0.3, -0.25) is 0 Å². The monoisotopic (exact) mass is 378 g/mol. The normalized spacial score (nSPS) is 13.0. The van der Waals surface area contributed by atoms with Crippen LogP contribution in [-0.4, -0.2) is 12.9 Å². The van der Waals surface area contributed by atoms with Crippen LogP contribution in [0.4, 0.5) is 0 Å². The van der Waals surface area contributed by atoms with Crippen LogP contribution in [0.2, 0.25) is 19.6 Å². The number of benzene rings is 1. The van der Waals surface area contributed by atoms with Crippen LogP contribution in [0.25, 0.3) is 0 Å². The summed E-state index contributed by atoms with van der Waals surface area (Å²) in [5.41, 5.74) is 1.29. The van der Waals surface area contributed by atoms with Crippen LogP contribution in [0.1, 0.15) is 12.0 Å². The van der Waals surface area contributed by atoms with Gasteiger partial charge in [0.2, 0.25) is 0 Å². The number of hydrogen-bond acceptors (Lipinski definition) is 1. The third-order valence-corrected chi connectivity index (χ3v) is 7.76. The summed E-state index contributed by atoms with van der Waals surface area (Å²) >= 11 is -1.80. The van der Waals surface area contributed by atoms with Crippen molar-refractivity contribution < 1.29 is 21.1 Å². The molecule has 0 atom stereocenters. The van der Waals surface area contributed by atoms with Gasteiger partial charge in [-0.1, -0.05) is 0 Å². The first-order valence-corrected chi connectivity index (χ1v) is 12.7. The second kappa shape index (κ2) is 8.50. The van der Waals surface area contributed by atoms with Crippen molar-refractivity contribution in [2.24, 2.45) is 0 Å². The molecule has 21 heavy (non-hydrogen) atoms. The molecule has 2 rings (SSSR count). The zero-order valence-electron chi connectivity index (χ0n) is 13.1. The fraction of sp³-hybridized carbons (Fsp3) is 0.312. The fourth-order valence-corrected chi connectivity index (χ4v) is 5.15. The van der Waals surface area contributed by atoms with E-state index in [9.17, 15) is 0 Å². The van der Waals surface area contributed by atoms with E-state index < -0.39 is 25.9 Å². The number of rotatable bonds is 4. The van der Waals surface area contributed by atoms with Crippen LogP contribution in [0.15, 0.2) is 40.3 Å². The summed E-state index contributed by atoms with van der Waals surface area (Å²) in [6.45, 7) is 9.26. The minimum atomic E-state index is -1.80. The van der Waals surface area contributed by atoms with E-state index in [1.807, 2.05) is 0 Å². The van der Waals surface area contributed by atoms with Crippen LogP contribution in [0.3, 0.4) is 0 Å². The van der Waals surface area contributed by atoms with Crippen LogP contribution in [0.5, 0.6) is 5.75 Å². The van der Waals surface area contributed by atoms with E-state index in [-0.39, 0.29) is 24.8 Å². The molecular weight excluding hydrogens is 355 g/mol. The molecule has 0 radical (unpaired) electrons. The number of aryl methyl sites for hydroxylation is 1. The SMILES string of the molecule is Cl.Cl.[CH2]=[Ti]([O]c1cc(C)cc([Si](C)(C)C)c1)[C]1=CC=CC1. The number of hydrogen-bond donors (Lipinski definition) is 0. The maximum atomic E-state index is 6.18. The Morgan fingerprint density at radius 1 is 1.14 bits per heavy atom. The summed E-state index contributed by atoms with van der Waals surface area (Å²) in [6, 6.07) is 6.68. The molecule has 116 valence electrons. The predicted molar refractivity (Wildman–Crippen MR) is 98.2 cm³/mol. The molecule has 1 aliphatic carbocycles. The third-order valence-electron chi connectivity index (χ3n) is 3.29. The van der Waals surface area contributed by atoms with Crippen molar-refractivity contribution in [2.75, 3.05) is 0 Å². The summed E-state index contributed by atoms with van der Waals surface area (Å²) in [7, 11) is -1.29. The Bertz CT molecular complexity index is 574. The van der Waals surface area contributed by atoms with Crippen molar-refractivity contribution in [2.45, 2.75) is 33.0 Å². The minimum absolute atomic E-state index is 0. The summed E-state index contributed by atoms with van der Waals surface area (Å²) in [6.07, 6.45) is 7.50.